The summed E-state index contributed by atoms with van der Waals surface area (Å²) >= 11 is 1.47. The summed E-state index contributed by atoms with van der Waals surface area (Å²) in [6.07, 6.45) is 1.61. The number of hydrogen-bond donors (Lipinski definition) is 0. The van der Waals surface area contributed by atoms with Gasteiger partial charge in [-0.25, -0.2) is 4.98 Å². The largest absolute Gasteiger partial charge is 0.550 e. The first-order chi connectivity index (χ1) is 12.2. The van der Waals surface area contributed by atoms with Crippen LogP contribution in [0.15, 0.2) is 42.5 Å². The van der Waals surface area contributed by atoms with Crippen LogP contribution in [-0.4, -0.2) is 24.2 Å². The molecule has 0 saturated heterocycles. The first kappa shape index (κ1) is 15.7. The van der Waals surface area contributed by atoms with Gasteiger partial charge in [0.25, 0.3) is 0 Å². The number of rotatable bonds is 4. The van der Waals surface area contributed by atoms with E-state index in [0.717, 1.165) is 15.8 Å². The van der Waals surface area contributed by atoms with Crippen molar-refractivity contribution in [3.63, 3.8) is 0 Å². The lowest BCUT2D eigenvalue weighted by molar-refractivity contribution is -0.304. The number of carboxylic acids is 1. The Morgan fingerprint density at radius 3 is 2.76 bits per heavy atom. The number of carboxylic acid groups (broad SMARTS) is 1. The first-order valence-electron chi connectivity index (χ1n) is 7.85. The Morgan fingerprint density at radius 2 is 1.96 bits per heavy atom. The second kappa shape index (κ2) is 6.57. The maximum Gasteiger partial charge on any atom is 0.161 e. The summed E-state index contributed by atoms with van der Waals surface area (Å²) in [7, 11) is 0. The summed E-state index contributed by atoms with van der Waals surface area (Å²) in [6, 6.07) is 13.3. The predicted octanol–water partition coefficient (Wildman–Crippen LogP) is 2.75. The summed E-state index contributed by atoms with van der Waals surface area (Å²) in [6.45, 7) is 1.04. The fourth-order valence-electron chi connectivity index (χ4n) is 2.70. The molecule has 0 aliphatic carbocycles. The molecule has 0 bridgehead atoms. The zero-order valence-corrected chi connectivity index (χ0v) is 14.0. The highest BCUT2D eigenvalue weighted by atomic mass is 32.1. The van der Waals surface area contributed by atoms with Gasteiger partial charge in [-0.2, -0.15) is 0 Å². The van der Waals surface area contributed by atoms with Gasteiger partial charge in [0.1, 0.15) is 18.2 Å². The Morgan fingerprint density at radius 1 is 1.16 bits per heavy atom. The van der Waals surface area contributed by atoms with Gasteiger partial charge < -0.3 is 19.4 Å². The maximum absolute atomic E-state index is 11.2. The van der Waals surface area contributed by atoms with Crippen molar-refractivity contribution in [1.29, 1.82) is 0 Å². The molecule has 126 valence electrons. The number of benzene rings is 2. The van der Waals surface area contributed by atoms with Crippen LogP contribution in [0.5, 0.6) is 11.5 Å². The molecule has 6 heteroatoms. The van der Waals surface area contributed by atoms with E-state index in [2.05, 4.69) is 4.98 Å². The van der Waals surface area contributed by atoms with Gasteiger partial charge in [-0.15, -0.1) is 11.3 Å². The number of nitrogens with zero attached hydrogens (tertiary/aromatic N) is 1. The molecule has 0 saturated carbocycles. The number of carbonyl (C=O) groups excluding carboxylic acids is 1. The minimum absolute atomic E-state index is 0.200. The van der Waals surface area contributed by atoms with E-state index in [-0.39, 0.29) is 6.42 Å². The van der Waals surface area contributed by atoms with Crippen molar-refractivity contribution in [2.75, 3.05) is 13.2 Å². The van der Waals surface area contributed by atoms with Gasteiger partial charge in [-0.3, -0.25) is 0 Å². The molecule has 0 spiro atoms. The smallest absolute Gasteiger partial charge is 0.161 e. The molecule has 0 amide bonds. The first-order valence-corrected chi connectivity index (χ1v) is 8.67. The summed E-state index contributed by atoms with van der Waals surface area (Å²) in [5.41, 5.74) is 2.30. The third-order valence-corrected chi connectivity index (χ3v) is 4.92. The number of para-hydroxylation sites is 1. The number of fused-ring (bicyclic) bond motifs is 2. The molecule has 4 rings (SSSR count). The van der Waals surface area contributed by atoms with Gasteiger partial charge in [0, 0.05) is 12.4 Å². The van der Waals surface area contributed by atoms with Crippen molar-refractivity contribution in [3.8, 4) is 11.5 Å². The fourth-order valence-corrected chi connectivity index (χ4v) is 3.68. The van der Waals surface area contributed by atoms with Crippen molar-refractivity contribution in [2.24, 2.45) is 0 Å². The molecular formula is C19H14NO4S-. The van der Waals surface area contributed by atoms with Crippen molar-refractivity contribution in [2.45, 2.75) is 6.42 Å². The second-order valence-corrected chi connectivity index (χ2v) is 6.64. The highest BCUT2D eigenvalue weighted by Gasteiger charge is 2.13. The van der Waals surface area contributed by atoms with Gasteiger partial charge in [0.2, 0.25) is 0 Å². The number of aliphatic carboxylic acids is 1. The van der Waals surface area contributed by atoms with E-state index in [1.54, 1.807) is 0 Å². The zero-order chi connectivity index (χ0) is 17.2. The third kappa shape index (κ3) is 3.34. The molecule has 3 aromatic rings. The van der Waals surface area contributed by atoms with E-state index < -0.39 is 5.97 Å². The molecular weight excluding hydrogens is 338 g/mol. The van der Waals surface area contributed by atoms with Gasteiger partial charge in [-0.05, 0) is 41.5 Å². The van der Waals surface area contributed by atoms with Crippen LogP contribution in [0.3, 0.4) is 0 Å². The molecule has 0 radical (unpaired) electrons. The van der Waals surface area contributed by atoms with Crippen LogP contribution in [-0.2, 0) is 4.79 Å². The minimum atomic E-state index is -1.14. The third-order valence-electron chi connectivity index (χ3n) is 3.81. The Hall–Kier alpha value is -2.86. The van der Waals surface area contributed by atoms with Crippen LogP contribution in [0.25, 0.3) is 21.9 Å². The molecule has 2 heterocycles. The summed E-state index contributed by atoms with van der Waals surface area (Å²) in [4.78, 5) is 15.8. The zero-order valence-electron chi connectivity index (χ0n) is 13.2. The van der Waals surface area contributed by atoms with E-state index in [4.69, 9.17) is 9.47 Å². The standard InChI is InChI=1S/C19H15NO4S/c21-18(22)11-13(19-20-14-3-1-2-4-17(14)25-19)9-12-5-6-15-16(10-12)24-8-7-23-15/h1-6,9-10H,7-8,11H2,(H,21,22)/p-1/b13-9+. The van der Waals surface area contributed by atoms with Gasteiger partial charge in [0.05, 0.1) is 10.2 Å². The molecule has 1 aromatic heterocycles. The van der Waals surface area contributed by atoms with Crippen molar-refractivity contribution < 1.29 is 19.4 Å². The van der Waals surface area contributed by atoms with Crippen molar-refractivity contribution >= 4 is 39.2 Å². The van der Waals surface area contributed by atoms with Gasteiger partial charge in [-0.1, -0.05) is 18.2 Å². The van der Waals surface area contributed by atoms with E-state index in [1.165, 1.54) is 11.3 Å². The predicted molar refractivity (Wildman–Crippen MR) is 94.5 cm³/mol. The number of carbonyl (C=O) groups is 1. The van der Waals surface area contributed by atoms with Crippen LogP contribution in [0.1, 0.15) is 17.0 Å². The topological polar surface area (TPSA) is 71.5 Å². The average molecular weight is 352 g/mol. The number of hydrogen-bond acceptors (Lipinski definition) is 6. The van der Waals surface area contributed by atoms with E-state index in [1.807, 2.05) is 48.5 Å². The summed E-state index contributed by atoms with van der Waals surface area (Å²) < 4.78 is 12.1. The van der Waals surface area contributed by atoms with E-state index in [9.17, 15) is 9.90 Å². The van der Waals surface area contributed by atoms with Crippen LogP contribution in [0, 0.1) is 0 Å². The van der Waals surface area contributed by atoms with Gasteiger partial charge >= 0.3 is 0 Å². The number of aromatic nitrogens is 1. The van der Waals surface area contributed by atoms with E-state index >= 15 is 0 Å². The van der Waals surface area contributed by atoms with Crippen LogP contribution in [0.2, 0.25) is 0 Å². The fraction of sp³-hybridized carbons (Fsp3) is 0.158. The second-order valence-electron chi connectivity index (χ2n) is 5.61. The Balaban J connectivity index is 1.75. The maximum atomic E-state index is 11.2. The molecule has 0 fully saturated rings. The van der Waals surface area contributed by atoms with Gasteiger partial charge in [0.15, 0.2) is 11.5 Å². The average Bonchev–Trinajstić information content (AvgIpc) is 3.05. The lowest BCUT2D eigenvalue weighted by Gasteiger charge is -2.18. The van der Waals surface area contributed by atoms with Crippen molar-refractivity contribution in [3.05, 3.63) is 53.0 Å². The minimum Gasteiger partial charge on any atom is -0.550 e. The molecule has 25 heavy (non-hydrogen) atoms. The number of ether oxygens (including phenoxy) is 2. The normalized spacial score (nSPS) is 13.8. The quantitative estimate of drug-likeness (QED) is 0.722. The van der Waals surface area contributed by atoms with Crippen LogP contribution in [0.4, 0.5) is 0 Å². The highest BCUT2D eigenvalue weighted by molar-refractivity contribution is 7.19. The monoisotopic (exact) mass is 352 g/mol. The Kier molecular flexibility index (Phi) is 4.11. The molecule has 1 aliphatic rings. The lowest BCUT2D eigenvalue weighted by Crippen LogP contribution is -2.22. The highest BCUT2D eigenvalue weighted by Crippen LogP contribution is 2.34. The number of thiazole rings is 1. The summed E-state index contributed by atoms with van der Waals surface area (Å²) in [5, 5.41) is 11.9. The van der Waals surface area contributed by atoms with Crippen LogP contribution < -0.4 is 14.6 Å². The van der Waals surface area contributed by atoms with Crippen molar-refractivity contribution in [1.82, 2.24) is 4.98 Å². The Bertz CT molecular complexity index is 943. The molecule has 0 unspecified atom stereocenters. The Labute approximate surface area is 148 Å². The van der Waals surface area contributed by atoms with E-state index in [0.29, 0.717) is 35.3 Å². The molecule has 0 N–H and O–H groups in total. The molecule has 1 aliphatic heterocycles. The molecule has 0 atom stereocenters. The lowest BCUT2D eigenvalue weighted by atomic mass is 10.1. The summed E-state index contributed by atoms with van der Waals surface area (Å²) in [5.74, 6) is 0.227. The molecule has 2 aromatic carbocycles. The SMILES string of the molecule is O=C([O-])C/C(=C\c1ccc2c(c1)OCCO2)c1nc2ccccc2s1. The van der Waals surface area contributed by atoms with Crippen LogP contribution >= 0.6 is 11.3 Å². The molecule has 5 nitrogen and oxygen atoms in total.